The minimum absolute atomic E-state index is 0.635. The van der Waals surface area contributed by atoms with E-state index in [2.05, 4.69) is 201 Å². The van der Waals surface area contributed by atoms with E-state index in [0.29, 0.717) is 0 Å². The maximum absolute atomic E-state index is 8.05. The zero-order valence-corrected chi connectivity index (χ0v) is 33.5. The van der Waals surface area contributed by atoms with Crippen LogP contribution in [0.4, 0.5) is 0 Å². The lowest BCUT2D eigenvalue weighted by molar-refractivity contribution is -0.300. The van der Waals surface area contributed by atoms with Gasteiger partial charge in [-0.3, -0.25) is 0 Å². The van der Waals surface area contributed by atoms with Gasteiger partial charge < -0.3 is 18.9 Å². The Morgan fingerprint density at radius 3 is 0.482 bits per heavy atom. The van der Waals surface area contributed by atoms with Gasteiger partial charge in [-0.15, -0.1) is 0 Å². The lowest BCUT2D eigenvalue weighted by atomic mass is 9.52. The summed E-state index contributed by atoms with van der Waals surface area (Å²) in [5.74, 6) is 0. The number of rotatable bonds is 0. The van der Waals surface area contributed by atoms with Crippen LogP contribution in [0, 0.1) is 21.7 Å². The van der Waals surface area contributed by atoms with Gasteiger partial charge in [-0.2, -0.15) is 0 Å². The monoisotopic (exact) mass is 736 g/mol. The van der Waals surface area contributed by atoms with E-state index in [1.54, 1.807) is 0 Å². The van der Waals surface area contributed by atoms with Gasteiger partial charge >= 0.3 is 0 Å². The van der Waals surface area contributed by atoms with E-state index in [1.807, 2.05) is 0 Å². The SMILES string of the molecule is CC1(C)[C@@]23C=C[C@@](O2)(c2ccccc23)C(C)(C)[C@@]23C=C[C@@](O2)(c2ccccc23)C(C)(C)[C@@]23C=C[C@@](O2)(c2ccccc23)C(C)(C)[C@@]23C=C[C@@]1(O2)c1ccccc13. The van der Waals surface area contributed by atoms with Crippen LogP contribution in [0.1, 0.15) is 99.9 Å². The van der Waals surface area contributed by atoms with Gasteiger partial charge in [0, 0.05) is 21.7 Å². The predicted octanol–water partition coefficient (Wildman–Crippen LogP) is 10.9. The van der Waals surface area contributed by atoms with Crippen molar-refractivity contribution in [3.63, 3.8) is 0 Å². The molecule has 0 spiro atoms. The van der Waals surface area contributed by atoms with Crippen molar-refractivity contribution < 1.29 is 18.9 Å². The Morgan fingerprint density at radius 2 is 0.357 bits per heavy atom. The Hall–Kier alpha value is -4.32. The molecule has 0 unspecified atom stereocenters. The van der Waals surface area contributed by atoms with Gasteiger partial charge in [0.05, 0.1) is 0 Å². The zero-order chi connectivity index (χ0) is 38.4. The number of benzene rings is 4. The van der Waals surface area contributed by atoms with Crippen LogP contribution in [-0.4, -0.2) is 0 Å². The summed E-state index contributed by atoms with van der Waals surface area (Å²) in [6.07, 6.45) is 19.0. The molecule has 9 heterocycles. The van der Waals surface area contributed by atoms with Gasteiger partial charge in [0.1, 0.15) is 44.8 Å². The summed E-state index contributed by atoms with van der Waals surface area (Å²) in [5.41, 5.74) is 0.417. The average Bonchev–Trinajstić information content (AvgIpc) is 4.08. The zero-order valence-electron chi connectivity index (χ0n) is 33.5. The van der Waals surface area contributed by atoms with Crippen LogP contribution in [0.2, 0.25) is 0 Å². The summed E-state index contributed by atoms with van der Waals surface area (Å²) < 4.78 is 32.2. The first-order valence-electron chi connectivity index (χ1n) is 20.6. The van der Waals surface area contributed by atoms with Crippen molar-refractivity contribution in [2.75, 3.05) is 0 Å². The largest absolute Gasteiger partial charge is 0.349 e. The highest BCUT2D eigenvalue weighted by Gasteiger charge is 2.83. The molecule has 280 valence electrons. The quantitative estimate of drug-likeness (QED) is 0.169. The van der Waals surface area contributed by atoms with Crippen molar-refractivity contribution in [2.45, 2.75) is 100 Å². The lowest BCUT2D eigenvalue weighted by Crippen LogP contribution is -2.58. The molecule has 4 aromatic rings. The third-order valence-electron chi connectivity index (χ3n) is 17.8. The van der Waals surface area contributed by atoms with Crippen molar-refractivity contribution >= 4 is 0 Å². The molecule has 4 nitrogen and oxygen atoms in total. The fraction of sp³-hybridized carbons (Fsp3) is 0.385. The van der Waals surface area contributed by atoms with Crippen molar-refractivity contribution in [3.8, 4) is 0 Å². The average molecular weight is 737 g/mol. The molecule has 4 heteroatoms. The normalized spacial score (nSPS) is 43.6. The number of ether oxygens (including phenoxy) is 4. The molecule has 4 aromatic carbocycles. The summed E-state index contributed by atoms with van der Waals surface area (Å²) >= 11 is 0. The molecule has 0 aliphatic carbocycles. The van der Waals surface area contributed by atoms with Gasteiger partial charge in [0.15, 0.2) is 0 Å². The third kappa shape index (κ3) is 2.63. The van der Waals surface area contributed by atoms with Crippen LogP contribution in [0.3, 0.4) is 0 Å². The standard InChI is InChI=1S/C52H48O4/c1-41(2)45-25-27-47(53-45,35-19-11-9-17-33(35)45)42(3,4)49-29-31-51(55-49,39-23-15-13-21-37(39)49)44(7,8)52-32-30-50(56-52,38-22-14-16-24-40(38)52)43(5,6)48-28-26-46(41,54-48)34-18-10-12-20-36(34)48/h9-32H,1-8H3/t45-,46+,47+,48-,49-,50+,51+,52-. The topological polar surface area (TPSA) is 36.9 Å². The van der Waals surface area contributed by atoms with Crippen molar-refractivity contribution in [3.05, 3.63) is 190 Å². The fourth-order valence-corrected chi connectivity index (χ4v) is 14.4. The first-order valence-corrected chi connectivity index (χ1v) is 20.6. The van der Waals surface area contributed by atoms with Crippen LogP contribution >= 0.6 is 0 Å². The molecule has 56 heavy (non-hydrogen) atoms. The van der Waals surface area contributed by atoms with E-state index in [4.69, 9.17) is 18.9 Å². The van der Waals surface area contributed by atoms with Gasteiger partial charge in [-0.05, 0) is 93.1 Å². The Bertz CT molecular complexity index is 2150. The van der Waals surface area contributed by atoms with Crippen LogP contribution in [0.5, 0.6) is 0 Å². The van der Waals surface area contributed by atoms with E-state index in [9.17, 15) is 0 Å². The van der Waals surface area contributed by atoms with Crippen molar-refractivity contribution in [1.29, 1.82) is 0 Å². The number of hydrogen-bond acceptors (Lipinski definition) is 4. The molecule has 13 rings (SSSR count). The first-order chi connectivity index (χ1) is 26.6. The summed E-state index contributed by atoms with van der Waals surface area (Å²) in [4.78, 5) is 0. The summed E-state index contributed by atoms with van der Waals surface area (Å²) in [5, 5.41) is 0. The van der Waals surface area contributed by atoms with Gasteiger partial charge in [0.25, 0.3) is 0 Å². The molecule has 0 amide bonds. The highest BCUT2D eigenvalue weighted by Crippen LogP contribution is 2.81. The van der Waals surface area contributed by atoms with Gasteiger partial charge in [-0.25, -0.2) is 0 Å². The molecule has 0 aromatic heterocycles. The maximum atomic E-state index is 8.05. The molecule has 1 fully saturated rings. The summed E-state index contributed by atoms with van der Waals surface area (Å²) in [7, 11) is 0. The Balaban J connectivity index is 1.17. The molecule has 0 N–H and O–H groups in total. The number of hydrogen-bond donors (Lipinski definition) is 0. The maximum Gasteiger partial charge on any atom is 0.122 e. The van der Waals surface area contributed by atoms with E-state index in [-0.39, 0.29) is 0 Å². The van der Waals surface area contributed by atoms with E-state index < -0.39 is 66.5 Å². The second-order valence-electron chi connectivity index (χ2n) is 20.3. The van der Waals surface area contributed by atoms with Crippen molar-refractivity contribution in [2.24, 2.45) is 21.7 Å². The van der Waals surface area contributed by atoms with Gasteiger partial charge in [0.2, 0.25) is 0 Å². The summed E-state index contributed by atoms with van der Waals surface area (Å²) in [6.45, 7) is 18.9. The first kappa shape index (κ1) is 32.7. The molecule has 9 aliphatic heterocycles. The second kappa shape index (κ2) is 8.73. The molecule has 8 bridgehead atoms. The molecule has 8 atom stereocenters. The molecule has 9 aliphatic rings. The summed E-state index contributed by atoms with van der Waals surface area (Å²) in [6, 6.07) is 35.8. The molecular weight excluding hydrogens is 689 g/mol. The van der Waals surface area contributed by atoms with Crippen LogP contribution in [0.15, 0.2) is 146 Å². The van der Waals surface area contributed by atoms with Crippen molar-refractivity contribution in [1.82, 2.24) is 0 Å². The number of fused-ring (bicyclic) bond motifs is 4. The Labute approximate surface area is 329 Å². The minimum Gasteiger partial charge on any atom is -0.349 e. The molecule has 1 saturated heterocycles. The Morgan fingerprint density at radius 1 is 0.232 bits per heavy atom. The Kier molecular flexibility index (Phi) is 5.10. The third-order valence-corrected chi connectivity index (χ3v) is 17.8. The highest BCUT2D eigenvalue weighted by atomic mass is 16.6. The lowest BCUT2D eigenvalue weighted by Gasteiger charge is -2.55. The van der Waals surface area contributed by atoms with E-state index >= 15 is 0 Å². The molecular formula is C52H48O4. The van der Waals surface area contributed by atoms with Crippen LogP contribution in [-0.2, 0) is 63.8 Å². The van der Waals surface area contributed by atoms with Gasteiger partial charge in [-0.1, -0.05) is 152 Å². The minimum atomic E-state index is -0.829. The fourth-order valence-electron chi connectivity index (χ4n) is 14.4. The van der Waals surface area contributed by atoms with E-state index in [0.717, 1.165) is 0 Å². The second-order valence-corrected chi connectivity index (χ2v) is 20.3. The molecule has 0 radical (unpaired) electrons. The van der Waals surface area contributed by atoms with Crippen LogP contribution in [0.25, 0.3) is 0 Å². The van der Waals surface area contributed by atoms with E-state index in [1.165, 1.54) is 44.5 Å². The van der Waals surface area contributed by atoms with Crippen LogP contribution < -0.4 is 0 Å². The highest BCUT2D eigenvalue weighted by molar-refractivity contribution is 5.66. The smallest absolute Gasteiger partial charge is 0.122 e. The predicted molar refractivity (Wildman–Crippen MR) is 215 cm³/mol. The molecule has 0 saturated carbocycles.